The van der Waals surface area contributed by atoms with Crippen molar-refractivity contribution in [2.75, 3.05) is 19.7 Å². The Morgan fingerprint density at radius 1 is 1.63 bits per heavy atom. The Balaban J connectivity index is 2.02. The third-order valence-corrected chi connectivity index (χ3v) is 3.74. The fourth-order valence-corrected chi connectivity index (χ4v) is 2.46. The normalized spacial score (nSPS) is 21.6. The Bertz CT molecular complexity index is 484. The largest absolute Gasteiger partial charge is 0.409 e. The average Bonchev–Trinajstić information content (AvgIpc) is 2.41. The molecule has 5 nitrogen and oxygen atoms in total. The predicted molar refractivity (Wildman–Crippen MR) is 72.5 cm³/mol. The first-order valence-electron chi connectivity index (χ1n) is 5.85. The molecule has 1 saturated heterocycles. The molecule has 1 heterocycles. The van der Waals surface area contributed by atoms with Crippen molar-refractivity contribution in [1.29, 1.82) is 0 Å². The summed E-state index contributed by atoms with van der Waals surface area (Å²) in [4.78, 5) is 2.12. The maximum Gasteiger partial charge on any atom is 0.169 e. The van der Waals surface area contributed by atoms with Crippen LogP contribution >= 0.6 is 15.9 Å². The molecule has 1 atom stereocenters. The summed E-state index contributed by atoms with van der Waals surface area (Å²) >= 11 is 3.35. The van der Waals surface area contributed by atoms with Crippen molar-refractivity contribution in [3.8, 4) is 0 Å². The van der Waals surface area contributed by atoms with E-state index >= 15 is 0 Å². The van der Waals surface area contributed by atoms with Crippen LogP contribution in [0.15, 0.2) is 27.8 Å². The van der Waals surface area contributed by atoms with Crippen LogP contribution in [0.5, 0.6) is 0 Å². The molecule has 2 rings (SSSR count). The number of hydrogen-bond acceptors (Lipinski definition) is 4. The minimum absolute atomic E-state index is 0.0721. The molecule has 1 aromatic carbocycles. The average molecular weight is 332 g/mol. The van der Waals surface area contributed by atoms with Crippen molar-refractivity contribution in [3.63, 3.8) is 0 Å². The molecule has 19 heavy (non-hydrogen) atoms. The van der Waals surface area contributed by atoms with Gasteiger partial charge in [-0.2, -0.15) is 0 Å². The first-order chi connectivity index (χ1) is 9.10. The van der Waals surface area contributed by atoms with Crippen molar-refractivity contribution < 1.29 is 14.3 Å². The van der Waals surface area contributed by atoms with Gasteiger partial charge >= 0.3 is 0 Å². The van der Waals surface area contributed by atoms with Gasteiger partial charge in [-0.25, -0.2) is 4.39 Å². The molecule has 0 amide bonds. The molecular weight excluding hydrogens is 317 g/mol. The molecule has 1 aliphatic rings. The summed E-state index contributed by atoms with van der Waals surface area (Å²) in [5.74, 6) is -0.199. The molecule has 0 bridgehead atoms. The van der Waals surface area contributed by atoms with Crippen molar-refractivity contribution in [2.24, 2.45) is 10.9 Å². The number of nitrogens with zero attached hydrogens (tertiary/aromatic N) is 2. The minimum Gasteiger partial charge on any atom is -0.409 e. The molecule has 1 unspecified atom stereocenters. The lowest BCUT2D eigenvalue weighted by Gasteiger charge is -2.32. The zero-order valence-electron chi connectivity index (χ0n) is 10.2. The van der Waals surface area contributed by atoms with Crippen LogP contribution in [0.2, 0.25) is 0 Å². The lowest BCUT2D eigenvalue weighted by atomic mass is 10.2. The van der Waals surface area contributed by atoms with Gasteiger partial charge in [0, 0.05) is 24.1 Å². The van der Waals surface area contributed by atoms with E-state index in [1.165, 1.54) is 12.1 Å². The van der Waals surface area contributed by atoms with E-state index in [1.807, 2.05) is 0 Å². The number of ether oxygens (including phenoxy) is 1. The number of oxime groups is 1. The van der Waals surface area contributed by atoms with Crippen molar-refractivity contribution in [1.82, 2.24) is 4.90 Å². The molecule has 1 aliphatic heterocycles. The molecular formula is C12H15BrFN3O2. The van der Waals surface area contributed by atoms with E-state index in [0.717, 1.165) is 16.6 Å². The monoisotopic (exact) mass is 331 g/mol. The maximum absolute atomic E-state index is 13.0. The molecule has 0 spiro atoms. The number of nitrogens with two attached hydrogens (primary N) is 1. The molecule has 1 aromatic rings. The van der Waals surface area contributed by atoms with Crippen LogP contribution in [-0.2, 0) is 11.3 Å². The summed E-state index contributed by atoms with van der Waals surface area (Å²) in [6, 6.07) is 4.62. The van der Waals surface area contributed by atoms with Gasteiger partial charge in [-0.3, -0.25) is 4.90 Å². The van der Waals surface area contributed by atoms with Crippen LogP contribution < -0.4 is 5.73 Å². The smallest absolute Gasteiger partial charge is 0.169 e. The van der Waals surface area contributed by atoms with Gasteiger partial charge in [-0.15, -0.1) is 0 Å². The zero-order valence-corrected chi connectivity index (χ0v) is 11.8. The van der Waals surface area contributed by atoms with Gasteiger partial charge in [0.05, 0.1) is 6.61 Å². The second-order valence-electron chi connectivity index (χ2n) is 4.36. The van der Waals surface area contributed by atoms with Crippen LogP contribution in [0.3, 0.4) is 0 Å². The van der Waals surface area contributed by atoms with E-state index in [-0.39, 0.29) is 11.7 Å². The first kappa shape index (κ1) is 14.2. The van der Waals surface area contributed by atoms with Crippen LogP contribution in [0.4, 0.5) is 4.39 Å². The highest BCUT2D eigenvalue weighted by Gasteiger charge is 2.24. The Morgan fingerprint density at radius 2 is 2.42 bits per heavy atom. The Labute approximate surface area is 119 Å². The van der Waals surface area contributed by atoms with Gasteiger partial charge in [-0.05, 0) is 17.7 Å². The number of morpholine rings is 1. The second kappa shape index (κ2) is 6.31. The standard InChI is InChI=1S/C12H15BrFN3O2/c13-10-5-9(14)2-1-8(10)6-17-3-4-19-11(7-17)12(15)16-18/h1-2,5,11,18H,3-4,6-7H2,(H2,15,16). The van der Waals surface area contributed by atoms with E-state index in [0.29, 0.717) is 19.7 Å². The molecule has 0 radical (unpaired) electrons. The van der Waals surface area contributed by atoms with Gasteiger partial charge < -0.3 is 15.7 Å². The number of benzene rings is 1. The number of halogens is 2. The molecule has 0 aliphatic carbocycles. The lowest BCUT2D eigenvalue weighted by Crippen LogP contribution is -2.48. The predicted octanol–water partition coefficient (Wildman–Crippen LogP) is 1.54. The molecule has 7 heteroatoms. The molecule has 0 saturated carbocycles. The summed E-state index contributed by atoms with van der Waals surface area (Å²) in [6.45, 7) is 2.46. The van der Waals surface area contributed by atoms with E-state index in [9.17, 15) is 4.39 Å². The zero-order chi connectivity index (χ0) is 13.8. The van der Waals surface area contributed by atoms with Gasteiger partial charge in [0.1, 0.15) is 11.9 Å². The maximum atomic E-state index is 13.0. The fraction of sp³-hybridized carbons (Fsp3) is 0.417. The summed E-state index contributed by atoms with van der Waals surface area (Å²) in [7, 11) is 0. The topological polar surface area (TPSA) is 71.1 Å². The van der Waals surface area contributed by atoms with Crippen molar-refractivity contribution >= 4 is 21.8 Å². The Morgan fingerprint density at radius 3 is 3.11 bits per heavy atom. The summed E-state index contributed by atoms with van der Waals surface area (Å²) in [6.07, 6.45) is -0.405. The minimum atomic E-state index is -0.405. The second-order valence-corrected chi connectivity index (χ2v) is 5.21. The van der Waals surface area contributed by atoms with Gasteiger partial charge in [0.2, 0.25) is 0 Å². The number of rotatable bonds is 3. The highest BCUT2D eigenvalue weighted by atomic mass is 79.9. The van der Waals surface area contributed by atoms with E-state index < -0.39 is 6.10 Å². The van der Waals surface area contributed by atoms with Crippen molar-refractivity contribution in [3.05, 3.63) is 34.1 Å². The lowest BCUT2D eigenvalue weighted by molar-refractivity contribution is 0.00133. The van der Waals surface area contributed by atoms with E-state index in [4.69, 9.17) is 15.7 Å². The van der Waals surface area contributed by atoms with Crippen LogP contribution in [0.25, 0.3) is 0 Å². The van der Waals surface area contributed by atoms with E-state index in [1.54, 1.807) is 6.07 Å². The first-order valence-corrected chi connectivity index (χ1v) is 6.64. The quantitative estimate of drug-likeness (QED) is 0.381. The van der Waals surface area contributed by atoms with Gasteiger partial charge in [-0.1, -0.05) is 27.2 Å². The third-order valence-electron chi connectivity index (χ3n) is 3.00. The third kappa shape index (κ3) is 3.65. The van der Waals surface area contributed by atoms with Gasteiger partial charge in [0.15, 0.2) is 5.84 Å². The number of hydrogen-bond donors (Lipinski definition) is 2. The van der Waals surface area contributed by atoms with Crippen LogP contribution in [0.1, 0.15) is 5.56 Å². The van der Waals surface area contributed by atoms with Gasteiger partial charge in [0.25, 0.3) is 0 Å². The molecule has 0 aromatic heterocycles. The van der Waals surface area contributed by atoms with Crippen LogP contribution in [0, 0.1) is 5.82 Å². The SMILES string of the molecule is NC(=NO)C1CN(Cc2ccc(F)cc2Br)CCO1. The highest BCUT2D eigenvalue weighted by Crippen LogP contribution is 2.20. The Hall–Kier alpha value is -1.18. The Kier molecular flexibility index (Phi) is 4.73. The highest BCUT2D eigenvalue weighted by molar-refractivity contribution is 9.10. The number of amidine groups is 1. The summed E-state index contributed by atoms with van der Waals surface area (Å²) in [5, 5.41) is 11.6. The molecule has 3 N–H and O–H groups in total. The molecule has 104 valence electrons. The summed E-state index contributed by atoms with van der Waals surface area (Å²) in [5.41, 5.74) is 6.53. The van der Waals surface area contributed by atoms with E-state index in [2.05, 4.69) is 26.0 Å². The van der Waals surface area contributed by atoms with Crippen LogP contribution in [-0.4, -0.2) is 41.7 Å². The van der Waals surface area contributed by atoms with Crippen molar-refractivity contribution in [2.45, 2.75) is 12.6 Å². The summed E-state index contributed by atoms with van der Waals surface area (Å²) < 4.78 is 19.2. The fourth-order valence-electron chi connectivity index (χ4n) is 1.98. The molecule has 1 fully saturated rings.